The molecule has 0 radical (unpaired) electrons. The minimum Gasteiger partial charge on any atom is -0.311 e. The van der Waals surface area contributed by atoms with Gasteiger partial charge in [-0.1, -0.05) is 30.3 Å². The number of nitrogens with one attached hydrogen (secondary N) is 1. The fraction of sp³-hybridized carbons (Fsp3) is 0.333. The highest BCUT2D eigenvalue weighted by Crippen LogP contribution is 2.26. The molecule has 2 aromatic rings. The highest BCUT2D eigenvalue weighted by molar-refractivity contribution is 7.96. The Morgan fingerprint density at radius 1 is 0.897 bits per heavy atom. The van der Waals surface area contributed by atoms with Gasteiger partial charge < -0.3 is 5.32 Å². The van der Waals surface area contributed by atoms with Crippen LogP contribution in [0.2, 0.25) is 0 Å². The lowest BCUT2D eigenvalue weighted by molar-refractivity contribution is 0.528. The number of primary sulfonamides is 1. The van der Waals surface area contributed by atoms with Crippen LogP contribution in [0.15, 0.2) is 64.4 Å². The summed E-state index contributed by atoms with van der Waals surface area (Å²) in [7, 11) is -11.0. The van der Waals surface area contributed by atoms with Gasteiger partial charge in [0.05, 0.1) is 26.5 Å². The van der Waals surface area contributed by atoms with E-state index in [0.29, 0.717) is 13.0 Å². The third-order valence-corrected chi connectivity index (χ3v) is 9.94. The van der Waals surface area contributed by atoms with Crippen LogP contribution in [0.1, 0.15) is 5.56 Å². The van der Waals surface area contributed by atoms with Crippen LogP contribution in [0.5, 0.6) is 0 Å². The van der Waals surface area contributed by atoms with E-state index in [2.05, 4.69) is 5.32 Å². The normalized spacial score (nSPS) is 21.8. The smallest absolute Gasteiger partial charge is 0.238 e. The van der Waals surface area contributed by atoms with E-state index in [1.807, 2.05) is 0 Å². The average Bonchev–Trinajstić information content (AvgIpc) is 2.97. The van der Waals surface area contributed by atoms with Crippen molar-refractivity contribution in [3.63, 3.8) is 0 Å². The van der Waals surface area contributed by atoms with E-state index in [1.54, 1.807) is 30.3 Å². The van der Waals surface area contributed by atoms with Gasteiger partial charge in [0.15, 0.2) is 19.7 Å². The second kappa shape index (κ2) is 8.15. The molecular weight excluding hydrogens is 436 g/mol. The van der Waals surface area contributed by atoms with Crippen molar-refractivity contribution in [1.82, 2.24) is 5.32 Å². The molecule has 0 aliphatic carbocycles. The molecule has 1 saturated heterocycles. The van der Waals surface area contributed by atoms with Gasteiger partial charge >= 0.3 is 0 Å². The van der Waals surface area contributed by atoms with E-state index >= 15 is 0 Å². The van der Waals surface area contributed by atoms with Gasteiger partial charge in [-0.05, 0) is 42.8 Å². The zero-order valence-electron chi connectivity index (χ0n) is 15.4. The number of rotatable bonds is 7. The maximum atomic E-state index is 12.9. The lowest BCUT2D eigenvalue weighted by atomic mass is 10.1. The summed E-state index contributed by atoms with van der Waals surface area (Å²) in [6, 6.07) is 13.1. The second-order valence-corrected chi connectivity index (χ2v) is 12.9. The Balaban J connectivity index is 1.70. The van der Waals surface area contributed by atoms with E-state index < -0.39 is 46.7 Å². The first-order chi connectivity index (χ1) is 13.5. The molecule has 8 nitrogen and oxygen atoms in total. The summed E-state index contributed by atoms with van der Waals surface area (Å²) in [5, 5.41) is 7.06. The van der Waals surface area contributed by atoms with Crippen molar-refractivity contribution in [3.05, 3.63) is 60.2 Å². The standard InChI is InChI=1S/C18H22N2O6S3/c19-29(25,26)16-8-6-14(7-9-16)10-11-20-17-12-27(21,22)13-18(17)28(23,24)15-4-2-1-3-5-15/h1-9,17-18,20H,10-13H2,(H2,19,25,26)/t17-,18-/m1/s1. The first-order valence-corrected chi connectivity index (χ1v) is 13.7. The average molecular weight is 459 g/mol. The van der Waals surface area contributed by atoms with Gasteiger partial charge in [-0.2, -0.15) is 0 Å². The van der Waals surface area contributed by atoms with Crippen LogP contribution in [0.4, 0.5) is 0 Å². The Bertz CT molecular complexity index is 1180. The molecule has 1 aliphatic heterocycles. The van der Waals surface area contributed by atoms with Gasteiger partial charge in [0.1, 0.15) is 0 Å². The van der Waals surface area contributed by atoms with Crippen LogP contribution < -0.4 is 10.5 Å². The van der Waals surface area contributed by atoms with Gasteiger partial charge in [-0.25, -0.2) is 30.4 Å². The SMILES string of the molecule is NS(=O)(=O)c1ccc(CCN[C@@H]2CS(=O)(=O)C[C@H]2S(=O)(=O)c2ccccc2)cc1. The van der Waals surface area contributed by atoms with Crippen molar-refractivity contribution in [2.45, 2.75) is 27.5 Å². The van der Waals surface area contributed by atoms with Crippen LogP contribution in [0.3, 0.4) is 0 Å². The lowest BCUT2D eigenvalue weighted by Crippen LogP contribution is -2.44. The summed E-state index contributed by atoms with van der Waals surface area (Å²) < 4.78 is 72.7. The Hall–Kier alpha value is -1.79. The number of hydrogen-bond donors (Lipinski definition) is 2. The van der Waals surface area contributed by atoms with Gasteiger partial charge in [0, 0.05) is 6.04 Å². The molecule has 1 heterocycles. The highest BCUT2D eigenvalue weighted by Gasteiger charge is 2.45. The Labute approximate surface area is 171 Å². The second-order valence-electron chi connectivity index (χ2n) is 6.97. The molecule has 2 aromatic carbocycles. The summed E-state index contributed by atoms with van der Waals surface area (Å²) in [5.74, 6) is -0.654. The van der Waals surface area contributed by atoms with Crippen LogP contribution in [-0.2, 0) is 36.1 Å². The molecule has 0 aromatic heterocycles. The monoisotopic (exact) mass is 458 g/mol. The van der Waals surface area contributed by atoms with Crippen molar-refractivity contribution in [3.8, 4) is 0 Å². The third kappa shape index (κ3) is 5.23. The molecule has 0 spiro atoms. The third-order valence-electron chi connectivity index (χ3n) is 4.84. The first kappa shape index (κ1) is 21.9. The molecule has 0 amide bonds. The number of hydrogen-bond acceptors (Lipinski definition) is 7. The largest absolute Gasteiger partial charge is 0.311 e. The van der Waals surface area contributed by atoms with Crippen molar-refractivity contribution in [1.29, 1.82) is 0 Å². The fourth-order valence-electron chi connectivity index (χ4n) is 3.34. The van der Waals surface area contributed by atoms with Gasteiger partial charge in [0.2, 0.25) is 10.0 Å². The molecule has 29 heavy (non-hydrogen) atoms. The van der Waals surface area contributed by atoms with Crippen LogP contribution in [0, 0.1) is 0 Å². The molecule has 11 heteroatoms. The van der Waals surface area contributed by atoms with Gasteiger partial charge in [0.25, 0.3) is 0 Å². The molecule has 0 saturated carbocycles. The predicted octanol–water partition coefficient (Wildman–Crippen LogP) is 0.106. The highest BCUT2D eigenvalue weighted by atomic mass is 32.2. The van der Waals surface area contributed by atoms with Crippen LogP contribution in [0.25, 0.3) is 0 Å². The molecular formula is C18H22N2O6S3. The van der Waals surface area contributed by atoms with Gasteiger partial charge in [-0.3, -0.25) is 0 Å². The molecule has 3 N–H and O–H groups in total. The van der Waals surface area contributed by atoms with E-state index in [4.69, 9.17) is 5.14 Å². The minimum atomic E-state index is -3.80. The molecule has 158 valence electrons. The van der Waals surface area contributed by atoms with E-state index in [1.165, 1.54) is 24.3 Å². The summed E-state index contributed by atoms with van der Waals surface area (Å²) >= 11 is 0. The number of nitrogens with two attached hydrogens (primary N) is 1. The van der Waals surface area contributed by atoms with Crippen molar-refractivity contribution in [2.75, 3.05) is 18.1 Å². The van der Waals surface area contributed by atoms with Gasteiger partial charge in [-0.15, -0.1) is 0 Å². The van der Waals surface area contributed by atoms with E-state index in [9.17, 15) is 25.3 Å². The van der Waals surface area contributed by atoms with Crippen molar-refractivity contribution in [2.24, 2.45) is 5.14 Å². The summed E-state index contributed by atoms with van der Waals surface area (Å²) in [5.41, 5.74) is 0.813. The Morgan fingerprint density at radius 2 is 1.52 bits per heavy atom. The minimum absolute atomic E-state index is 0.00474. The molecule has 1 aliphatic rings. The predicted molar refractivity (Wildman–Crippen MR) is 109 cm³/mol. The van der Waals surface area contributed by atoms with E-state index in [0.717, 1.165) is 5.56 Å². The first-order valence-electron chi connectivity index (χ1n) is 8.83. The van der Waals surface area contributed by atoms with Crippen LogP contribution in [-0.4, -0.2) is 54.6 Å². The number of sulfone groups is 2. The lowest BCUT2D eigenvalue weighted by Gasteiger charge is -2.20. The molecule has 1 fully saturated rings. The van der Waals surface area contributed by atoms with Crippen molar-refractivity contribution >= 4 is 29.7 Å². The quantitative estimate of drug-likeness (QED) is 0.600. The maximum Gasteiger partial charge on any atom is 0.238 e. The summed E-state index contributed by atoms with van der Waals surface area (Å²) in [6.07, 6.45) is 0.472. The molecule has 3 rings (SSSR count). The topological polar surface area (TPSA) is 140 Å². The van der Waals surface area contributed by atoms with E-state index in [-0.39, 0.29) is 15.5 Å². The summed E-state index contributed by atoms with van der Waals surface area (Å²) in [4.78, 5) is 0.109. The zero-order chi connectivity index (χ0) is 21.3. The number of benzene rings is 2. The fourth-order valence-corrected chi connectivity index (χ4v) is 8.60. The molecule has 0 bridgehead atoms. The van der Waals surface area contributed by atoms with Crippen LogP contribution >= 0.6 is 0 Å². The number of sulfonamides is 1. The molecule has 2 atom stereocenters. The zero-order valence-corrected chi connectivity index (χ0v) is 17.9. The maximum absolute atomic E-state index is 12.9. The molecule has 0 unspecified atom stereocenters. The Morgan fingerprint density at radius 3 is 2.10 bits per heavy atom. The van der Waals surface area contributed by atoms with Crippen molar-refractivity contribution < 1.29 is 25.3 Å². The summed E-state index contributed by atoms with van der Waals surface area (Å²) in [6.45, 7) is 0.343. The Kier molecular flexibility index (Phi) is 6.16.